The highest BCUT2D eigenvalue weighted by Crippen LogP contribution is 2.11. The van der Waals surface area contributed by atoms with Crippen molar-refractivity contribution in [2.75, 3.05) is 19.6 Å². The van der Waals surface area contributed by atoms with Gasteiger partial charge in [-0.3, -0.25) is 24.5 Å². The van der Waals surface area contributed by atoms with Crippen molar-refractivity contribution in [1.82, 2.24) is 10.2 Å². The van der Waals surface area contributed by atoms with Crippen molar-refractivity contribution in [1.29, 1.82) is 0 Å². The van der Waals surface area contributed by atoms with Crippen molar-refractivity contribution < 1.29 is 24.4 Å². The number of carbonyl (C=O) groups is 3. The number of benzene rings is 1. The van der Waals surface area contributed by atoms with Gasteiger partial charge in [0.25, 0.3) is 11.6 Å². The lowest BCUT2D eigenvalue weighted by Gasteiger charge is -2.20. The van der Waals surface area contributed by atoms with E-state index in [0.717, 1.165) is 0 Å². The normalized spacial score (nSPS) is 10.0. The fourth-order valence-electron chi connectivity index (χ4n) is 1.97. The molecule has 1 rings (SSSR count). The average molecular weight is 337 g/mol. The highest BCUT2D eigenvalue weighted by molar-refractivity contribution is 5.94. The van der Waals surface area contributed by atoms with Crippen LogP contribution in [0.15, 0.2) is 24.3 Å². The highest BCUT2D eigenvalue weighted by atomic mass is 16.6. The van der Waals surface area contributed by atoms with Crippen LogP contribution < -0.4 is 5.32 Å². The number of aliphatic carboxylic acids is 1. The van der Waals surface area contributed by atoms with Crippen molar-refractivity contribution >= 4 is 23.5 Å². The first-order chi connectivity index (χ1) is 11.3. The van der Waals surface area contributed by atoms with Gasteiger partial charge >= 0.3 is 5.97 Å². The van der Waals surface area contributed by atoms with E-state index in [0.29, 0.717) is 6.54 Å². The summed E-state index contributed by atoms with van der Waals surface area (Å²) in [5.74, 6) is -1.67. The number of hydrogen-bond acceptors (Lipinski definition) is 5. The van der Waals surface area contributed by atoms with Crippen LogP contribution in [-0.2, 0) is 9.59 Å². The molecule has 0 saturated carbocycles. The summed E-state index contributed by atoms with van der Waals surface area (Å²) in [6.45, 7) is 2.36. The molecule has 0 radical (unpaired) electrons. The minimum absolute atomic E-state index is 0.0478. The quantitative estimate of drug-likeness (QED) is 0.511. The van der Waals surface area contributed by atoms with E-state index in [4.69, 9.17) is 5.11 Å². The Kier molecular flexibility index (Phi) is 7.34. The number of carboxylic acid groups (broad SMARTS) is 1. The summed E-state index contributed by atoms with van der Waals surface area (Å²) in [5, 5.41) is 21.7. The number of carboxylic acids is 1. The lowest BCUT2D eigenvalue weighted by atomic mass is 10.2. The Balaban J connectivity index is 2.45. The lowest BCUT2D eigenvalue weighted by molar-refractivity contribution is -0.384. The molecule has 2 N–H and O–H groups in total. The van der Waals surface area contributed by atoms with Crippen molar-refractivity contribution in [2.45, 2.75) is 19.8 Å². The Bertz CT molecular complexity index is 614. The molecule has 24 heavy (non-hydrogen) atoms. The fourth-order valence-corrected chi connectivity index (χ4v) is 1.97. The minimum Gasteiger partial charge on any atom is -0.481 e. The predicted molar refractivity (Wildman–Crippen MR) is 84.6 cm³/mol. The standard InChI is InChI=1S/C15H19N3O6/c1-2-17(10-8-14(20)21)13(19)7-9-16-15(22)11-3-5-12(6-4-11)18(23)24/h3-6H,2,7-10H2,1H3,(H,16,22)(H,20,21). The Labute approximate surface area is 138 Å². The molecule has 0 bridgehead atoms. The second kappa shape index (κ2) is 9.23. The number of non-ortho nitro benzene ring substituents is 1. The van der Waals surface area contributed by atoms with E-state index < -0.39 is 16.8 Å². The monoisotopic (exact) mass is 337 g/mol. The Hall–Kier alpha value is -2.97. The minimum atomic E-state index is -0.979. The predicted octanol–water partition coefficient (Wildman–Crippen LogP) is 1.04. The van der Waals surface area contributed by atoms with Gasteiger partial charge in [-0.1, -0.05) is 0 Å². The number of carbonyl (C=O) groups excluding carboxylic acids is 2. The SMILES string of the molecule is CCN(CCC(=O)O)C(=O)CCNC(=O)c1ccc([N+](=O)[O-])cc1. The molecule has 9 nitrogen and oxygen atoms in total. The number of nitro groups is 1. The first kappa shape index (κ1) is 19.1. The summed E-state index contributed by atoms with van der Waals surface area (Å²) >= 11 is 0. The van der Waals surface area contributed by atoms with Gasteiger partial charge in [0.1, 0.15) is 0 Å². The number of rotatable bonds is 9. The molecule has 0 fully saturated rings. The molecule has 0 unspecified atom stereocenters. The smallest absolute Gasteiger partial charge is 0.305 e. The molecular weight excluding hydrogens is 318 g/mol. The molecule has 1 aromatic carbocycles. The number of amides is 2. The maximum absolute atomic E-state index is 11.9. The van der Waals surface area contributed by atoms with Crippen LogP contribution in [0.1, 0.15) is 30.1 Å². The van der Waals surface area contributed by atoms with Crippen LogP contribution >= 0.6 is 0 Å². The summed E-state index contributed by atoms with van der Waals surface area (Å²) in [5.41, 5.74) is 0.144. The number of nitro benzene ring substituents is 1. The molecular formula is C15H19N3O6. The summed E-state index contributed by atoms with van der Waals surface area (Å²) in [7, 11) is 0. The van der Waals surface area contributed by atoms with E-state index in [9.17, 15) is 24.5 Å². The Morgan fingerprint density at radius 1 is 1.21 bits per heavy atom. The van der Waals surface area contributed by atoms with Crippen molar-refractivity contribution in [3.05, 3.63) is 39.9 Å². The third-order valence-electron chi connectivity index (χ3n) is 3.29. The zero-order valence-electron chi connectivity index (χ0n) is 13.2. The number of nitrogens with one attached hydrogen (secondary N) is 1. The van der Waals surface area contributed by atoms with E-state index in [1.807, 2.05) is 0 Å². The van der Waals surface area contributed by atoms with Crippen LogP contribution in [0.2, 0.25) is 0 Å². The Morgan fingerprint density at radius 3 is 2.33 bits per heavy atom. The third kappa shape index (κ3) is 6.03. The molecule has 9 heteroatoms. The van der Waals surface area contributed by atoms with Gasteiger partial charge in [0.15, 0.2) is 0 Å². The van der Waals surface area contributed by atoms with Crippen LogP contribution in [0.3, 0.4) is 0 Å². The van der Waals surface area contributed by atoms with Gasteiger partial charge < -0.3 is 15.3 Å². The molecule has 0 aliphatic heterocycles. The largest absolute Gasteiger partial charge is 0.481 e. The summed E-state index contributed by atoms with van der Waals surface area (Å²) in [6.07, 6.45) is -0.0824. The highest BCUT2D eigenvalue weighted by Gasteiger charge is 2.14. The average Bonchev–Trinajstić information content (AvgIpc) is 2.55. The maximum Gasteiger partial charge on any atom is 0.305 e. The van der Waals surface area contributed by atoms with Gasteiger partial charge in [-0.2, -0.15) is 0 Å². The van der Waals surface area contributed by atoms with E-state index in [-0.39, 0.29) is 43.1 Å². The van der Waals surface area contributed by atoms with Crippen molar-refractivity contribution in [2.24, 2.45) is 0 Å². The Morgan fingerprint density at radius 2 is 1.83 bits per heavy atom. The van der Waals surface area contributed by atoms with E-state index >= 15 is 0 Å². The van der Waals surface area contributed by atoms with Crippen LogP contribution in [-0.4, -0.2) is 52.3 Å². The van der Waals surface area contributed by atoms with Gasteiger partial charge in [-0.15, -0.1) is 0 Å². The van der Waals surface area contributed by atoms with Crippen LogP contribution in [0.4, 0.5) is 5.69 Å². The molecule has 2 amide bonds. The summed E-state index contributed by atoms with van der Waals surface area (Å²) < 4.78 is 0. The van der Waals surface area contributed by atoms with Gasteiger partial charge in [0.05, 0.1) is 11.3 Å². The van der Waals surface area contributed by atoms with Crippen molar-refractivity contribution in [3.8, 4) is 0 Å². The third-order valence-corrected chi connectivity index (χ3v) is 3.29. The second-order valence-corrected chi connectivity index (χ2v) is 4.93. The van der Waals surface area contributed by atoms with E-state index in [1.165, 1.54) is 29.2 Å². The molecule has 130 valence electrons. The molecule has 0 saturated heterocycles. The van der Waals surface area contributed by atoms with E-state index in [1.54, 1.807) is 6.92 Å². The molecule has 0 aliphatic carbocycles. The molecule has 0 aromatic heterocycles. The summed E-state index contributed by atoms with van der Waals surface area (Å²) in [4.78, 5) is 45.7. The topological polar surface area (TPSA) is 130 Å². The number of nitrogens with zero attached hydrogens (tertiary/aromatic N) is 2. The maximum atomic E-state index is 11.9. The van der Waals surface area contributed by atoms with Crippen molar-refractivity contribution in [3.63, 3.8) is 0 Å². The second-order valence-electron chi connectivity index (χ2n) is 4.93. The number of hydrogen-bond donors (Lipinski definition) is 2. The van der Waals surface area contributed by atoms with Gasteiger partial charge in [-0.25, -0.2) is 0 Å². The van der Waals surface area contributed by atoms with Crippen LogP contribution in [0.25, 0.3) is 0 Å². The molecule has 1 aromatic rings. The lowest BCUT2D eigenvalue weighted by Crippen LogP contribution is -2.35. The molecule has 0 heterocycles. The molecule has 0 aliphatic rings. The van der Waals surface area contributed by atoms with Crippen LogP contribution in [0, 0.1) is 10.1 Å². The van der Waals surface area contributed by atoms with Gasteiger partial charge in [0, 0.05) is 43.8 Å². The zero-order valence-corrected chi connectivity index (χ0v) is 13.2. The van der Waals surface area contributed by atoms with Crippen LogP contribution in [0.5, 0.6) is 0 Å². The first-order valence-electron chi connectivity index (χ1n) is 7.37. The summed E-state index contributed by atoms with van der Waals surface area (Å²) in [6, 6.07) is 5.12. The van der Waals surface area contributed by atoms with Gasteiger partial charge in [-0.05, 0) is 19.1 Å². The molecule has 0 atom stereocenters. The van der Waals surface area contributed by atoms with Gasteiger partial charge in [0.2, 0.25) is 5.91 Å². The molecule has 0 spiro atoms. The first-order valence-corrected chi connectivity index (χ1v) is 7.37. The zero-order chi connectivity index (χ0) is 18.1. The fraction of sp³-hybridized carbons (Fsp3) is 0.400. The van der Waals surface area contributed by atoms with E-state index in [2.05, 4.69) is 5.32 Å².